The molecule has 4 N–H and O–H groups in total. The third-order valence-electron chi connectivity index (χ3n) is 4.00. The monoisotopic (exact) mass is 326 g/mol. The van der Waals surface area contributed by atoms with Crippen molar-refractivity contribution < 1.29 is 9.59 Å². The van der Waals surface area contributed by atoms with E-state index >= 15 is 0 Å². The average molecular weight is 326 g/mol. The summed E-state index contributed by atoms with van der Waals surface area (Å²) in [6.07, 6.45) is 0.802. The van der Waals surface area contributed by atoms with Gasteiger partial charge in [0.05, 0.1) is 16.9 Å². The van der Waals surface area contributed by atoms with Gasteiger partial charge in [0.25, 0.3) is 0 Å². The van der Waals surface area contributed by atoms with Crippen LogP contribution in [-0.4, -0.2) is 11.6 Å². The number of nitrogens with two attached hydrogens (primary N) is 2. The van der Waals surface area contributed by atoms with Crippen molar-refractivity contribution in [1.82, 2.24) is 0 Å². The molecule has 0 bridgehead atoms. The Labute approximate surface area is 143 Å². The smallest absolute Gasteiger partial charge is 0.165 e. The molecule has 0 aliphatic rings. The van der Waals surface area contributed by atoms with E-state index in [1.54, 1.807) is 12.1 Å². The van der Waals surface area contributed by atoms with Crippen molar-refractivity contribution in [1.29, 1.82) is 0 Å². The highest BCUT2D eigenvalue weighted by Gasteiger charge is 2.22. The molecule has 0 aromatic heterocycles. The van der Waals surface area contributed by atoms with Crippen molar-refractivity contribution in [3.63, 3.8) is 0 Å². The van der Waals surface area contributed by atoms with Crippen LogP contribution in [0.4, 0.5) is 11.4 Å². The van der Waals surface area contributed by atoms with Gasteiger partial charge in [-0.25, -0.2) is 0 Å². The lowest BCUT2D eigenvalue weighted by Crippen LogP contribution is -2.12. The fourth-order valence-electron chi connectivity index (χ4n) is 2.97. The van der Waals surface area contributed by atoms with Gasteiger partial charge < -0.3 is 11.5 Å². The first-order valence-electron chi connectivity index (χ1n) is 8.39. The minimum atomic E-state index is -0.0652. The molecule has 0 amide bonds. The molecule has 2 rings (SSSR count). The van der Waals surface area contributed by atoms with Gasteiger partial charge >= 0.3 is 0 Å². The zero-order valence-corrected chi connectivity index (χ0v) is 14.8. The highest BCUT2D eigenvalue weighted by atomic mass is 16.1. The first-order chi connectivity index (χ1) is 11.2. The summed E-state index contributed by atoms with van der Waals surface area (Å²) in [5.74, 6) is 0.406. The SMILES string of the molecule is CC(C)CC(=O)c1cccc2cc(N)c(N)c(C(=O)CC(C)C)c12. The molecule has 0 heterocycles. The second kappa shape index (κ2) is 7.04. The number of rotatable bonds is 6. The molecule has 0 aliphatic carbocycles. The number of hydrogen-bond donors (Lipinski definition) is 2. The van der Waals surface area contributed by atoms with Crippen LogP contribution in [0.3, 0.4) is 0 Å². The van der Waals surface area contributed by atoms with Gasteiger partial charge in [0.15, 0.2) is 11.6 Å². The first kappa shape index (κ1) is 18.0. The number of benzene rings is 2. The van der Waals surface area contributed by atoms with Crippen molar-refractivity contribution in [3.05, 3.63) is 35.4 Å². The van der Waals surface area contributed by atoms with E-state index in [1.165, 1.54) is 0 Å². The largest absolute Gasteiger partial charge is 0.397 e. The van der Waals surface area contributed by atoms with E-state index in [0.29, 0.717) is 35.0 Å². The minimum absolute atomic E-state index is 0.0263. The van der Waals surface area contributed by atoms with Gasteiger partial charge in [0.2, 0.25) is 0 Å². The second-order valence-electron chi connectivity index (χ2n) is 7.20. The van der Waals surface area contributed by atoms with E-state index < -0.39 is 0 Å². The third kappa shape index (κ3) is 3.58. The van der Waals surface area contributed by atoms with E-state index in [-0.39, 0.29) is 29.1 Å². The van der Waals surface area contributed by atoms with Crippen LogP contribution in [0.1, 0.15) is 61.3 Å². The molecule has 2 aromatic carbocycles. The molecule has 0 spiro atoms. The number of ketones is 2. The van der Waals surface area contributed by atoms with Crippen LogP contribution in [0.2, 0.25) is 0 Å². The maximum absolute atomic E-state index is 12.8. The molecule has 24 heavy (non-hydrogen) atoms. The Balaban J connectivity index is 2.76. The van der Waals surface area contributed by atoms with Gasteiger partial charge in [0, 0.05) is 23.8 Å². The van der Waals surface area contributed by atoms with Crippen LogP contribution in [0.15, 0.2) is 24.3 Å². The van der Waals surface area contributed by atoms with Crippen LogP contribution < -0.4 is 11.5 Å². The molecule has 0 radical (unpaired) electrons. The predicted molar refractivity (Wildman–Crippen MR) is 100 cm³/mol. The second-order valence-corrected chi connectivity index (χ2v) is 7.20. The van der Waals surface area contributed by atoms with E-state index in [2.05, 4.69) is 0 Å². The zero-order chi connectivity index (χ0) is 18.0. The number of fused-ring (bicyclic) bond motifs is 1. The number of carbonyl (C=O) groups excluding carboxylic acids is 2. The van der Waals surface area contributed by atoms with Gasteiger partial charge in [-0.3, -0.25) is 9.59 Å². The molecule has 4 nitrogen and oxygen atoms in total. The summed E-state index contributed by atoms with van der Waals surface area (Å²) in [6.45, 7) is 7.96. The van der Waals surface area contributed by atoms with Crippen molar-refractivity contribution in [2.75, 3.05) is 11.5 Å². The van der Waals surface area contributed by atoms with Gasteiger partial charge in [-0.05, 0) is 23.3 Å². The molecule has 0 unspecified atom stereocenters. The lowest BCUT2D eigenvalue weighted by Gasteiger charge is -2.16. The van der Waals surface area contributed by atoms with Crippen molar-refractivity contribution in [2.24, 2.45) is 11.8 Å². The molecule has 0 saturated carbocycles. The number of Topliss-reactive ketones (excluding diaryl/α,β-unsaturated/α-hetero) is 2. The first-order valence-corrected chi connectivity index (χ1v) is 8.39. The Kier molecular flexibility index (Phi) is 5.27. The van der Waals surface area contributed by atoms with Gasteiger partial charge in [-0.1, -0.05) is 45.9 Å². The van der Waals surface area contributed by atoms with Crippen molar-refractivity contribution >= 4 is 33.7 Å². The highest BCUT2D eigenvalue weighted by molar-refractivity contribution is 6.20. The molecule has 128 valence electrons. The fraction of sp³-hybridized carbons (Fsp3) is 0.400. The van der Waals surface area contributed by atoms with Gasteiger partial charge in [-0.2, -0.15) is 0 Å². The van der Waals surface area contributed by atoms with E-state index in [4.69, 9.17) is 11.5 Å². The van der Waals surface area contributed by atoms with Crippen LogP contribution in [0.5, 0.6) is 0 Å². The molecule has 2 aromatic rings. The van der Waals surface area contributed by atoms with Gasteiger partial charge in [-0.15, -0.1) is 0 Å². The molecule has 0 fully saturated rings. The molecular formula is C20H26N2O2. The molecule has 0 aliphatic heterocycles. The Morgan fingerprint density at radius 1 is 0.958 bits per heavy atom. The quantitative estimate of drug-likeness (QED) is 0.606. The summed E-state index contributed by atoms with van der Waals surface area (Å²) < 4.78 is 0. The predicted octanol–water partition coefficient (Wildman–Crippen LogP) is 4.46. The number of hydrogen-bond acceptors (Lipinski definition) is 4. The summed E-state index contributed by atoms with van der Waals surface area (Å²) in [5.41, 5.74) is 13.7. The van der Waals surface area contributed by atoms with E-state index in [9.17, 15) is 9.59 Å². The normalized spacial score (nSPS) is 11.4. The molecule has 4 heteroatoms. The maximum atomic E-state index is 12.8. The Hall–Kier alpha value is -2.36. The Bertz CT molecular complexity index is 792. The van der Waals surface area contributed by atoms with Crippen LogP contribution in [0.25, 0.3) is 10.8 Å². The summed E-state index contributed by atoms with van der Waals surface area (Å²) in [4.78, 5) is 25.5. The summed E-state index contributed by atoms with van der Waals surface area (Å²) in [6, 6.07) is 7.20. The number of nitrogen functional groups attached to an aromatic ring is 2. The minimum Gasteiger partial charge on any atom is -0.397 e. The standard InChI is InChI=1S/C20H26N2O2/c1-11(2)8-16(23)14-7-5-6-13-10-15(21)20(22)19(18(13)14)17(24)9-12(3)4/h5-7,10-12H,8-9,21-22H2,1-4H3. The Morgan fingerprint density at radius 2 is 1.54 bits per heavy atom. The van der Waals surface area contributed by atoms with Gasteiger partial charge in [0.1, 0.15) is 0 Å². The topological polar surface area (TPSA) is 86.2 Å². The molecule has 0 atom stereocenters. The lowest BCUT2D eigenvalue weighted by atomic mass is 9.88. The van der Waals surface area contributed by atoms with E-state index in [1.807, 2.05) is 39.8 Å². The Morgan fingerprint density at radius 3 is 2.12 bits per heavy atom. The van der Waals surface area contributed by atoms with Crippen LogP contribution in [0, 0.1) is 11.8 Å². The number of carbonyl (C=O) groups is 2. The highest BCUT2D eigenvalue weighted by Crippen LogP contribution is 2.34. The maximum Gasteiger partial charge on any atom is 0.165 e. The summed E-state index contributed by atoms with van der Waals surface area (Å²) >= 11 is 0. The molecule has 0 saturated heterocycles. The third-order valence-corrected chi connectivity index (χ3v) is 4.00. The molecular weight excluding hydrogens is 300 g/mol. The summed E-state index contributed by atoms with van der Waals surface area (Å²) in [7, 11) is 0. The average Bonchev–Trinajstić information content (AvgIpc) is 2.46. The fourth-order valence-corrected chi connectivity index (χ4v) is 2.97. The van der Waals surface area contributed by atoms with Crippen LogP contribution in [-0.2, 0) is 0 Å². The summed E-state index contributed by atoms with van der Waals surface area (Å²) in [5, 5.41) is 1.42. The van der Waals surface area contributed by atoms with Crippen LogP contribution >= 0.6 is 0 Å². The lowest BCUT2D eigenvalue weighted by molar-refractivity contribution is 0.0966. The zero-order valence-electron chi connectivity index (χ0n) is 14.8. The van der Waals surface area contributed by atoms with E-state index in [0.717, 1.165) is 5.39 Å². The van der Waals surface area contributed by atoms with Crippen molar-refractivity contribution in [3.8, 4) is 0 Å². The number of anilines is 2. The van der Waals surface area contributed by atoms with Crippen molar-refractivity contribution in [2.45, 2.75) is 40.5 Å².